The molecule has 0 fully saturated rings. The highest BCUT2D eigenvalue weighted by molar-refractivity contribution is 6.22. The van der Waals surface area contributed by atoms with E-state index in [0.717, 1.165) is 16.8 Å². The predicted molar refractivity (Wildman–Crippen MR) is 116 cm³/mol. The largest absolute Gasteiger partial charge is 0.453 e. The van der Waals surface area contributed by atoms with Gasteiger partial charge in [0.15, 0.2) is 0 Å². The van der Waals surface area contributed by atoms with Crippen LogP contribution < -0.4 is 9.64 Å². The topological polar surface area (TPSA) is 62.2 Å². The Morgan fingerprint density at radius 2 is 1.71 bits per heavy atom. The number of rotatable bonds is 1. The van der Waals surface area contributed by atoms with Crippen LogP contribution in [0, 0.1) is 0 Å². The third-order valence-corrected chi connectivity index (χ3v) is 6.19. The molecule has 6 nitrogen and oxygen atoms in total. The molecule has 0 aliphatic carbocycles. The molecule has 6 heteroatoms. The van der Waals surface area contributed by atoms with Gasteiger partial charge in [0, 0.05) is 18.9 Å². The third-order valence-electron chi connectivity index (χ3n) is 6.19. The molecule has 3 aromatic carbocycles. The molecule has 0 aromatic heterocycles. The molecule has 0 unspecified atom stereocenters. The first kappa shape index (κ1) is 17.9. The standard InChI is InChI=1S/C25H19N3O3/c1-16(29)27-21-13-7-6-12-19(21)25(24(27)30)28-22(18-11-5-8-14-23(18)31-25)15-20(26-28)17-9-3-2-4-10-17/h2-14,22H,15H2,1H3/t22-,25+/m1/s1. The van der Waals surface area contributed by atoms with Gasteiger partial charge in [-0.25, -0.2) is 9.91 Å². The van der Waals surface area contributed by atoms with Crippen LogP contribution in [-0.4, -0.2) is 22.5 Å². The van der Waals surface area contributed by atoms with E-state index in [0.29, 0.717) is 23.4 Å². The van der Waals surface area contributed by atoms with E-state index < -0.39 is 11.6 Å². The van der Waals surface area contributed by atoms with Crippen molar-refractivity contribution in [1.29, 1.82) is 0 Å². The first-order valence-electron chi connectivity index (χ1n) is 10.3. The van der Waals surface area contributed by atoms with Crippen molar-refractivity contribution in [2.24, 2.45) is 5.10 Å². The minimum Gasteiger partial charge on any atom is -0.453 e. The Kier molecular flexibility index (Phi) is 3.63. The van der Waals surface area contributed by atoms with Gasteiger partial charge in [0.05, 0.1) is 23.0 Å². The van der Waals surface area contributed by atoms with Gasteiger partial charge in [0.2, 0.25) is 5.91 Å². The lowest BCUT2D eigenvalue weighted by atomic mass is 9.92. The lowest BCUT2D eigenvalue weighted by Gasteiger charge is -2.44. The van der Waals surface area contributed by atoms with E-state index in [1.165, 1.54) is 11.8 Å². The molecule has 0 saturated carbocycles. The number of hydrazone groups is 1. The summed E-state index contributed by atoms with van der Waals surface area (Å²) in [5, 5.41) is 6.69. The second kappa shape index (κ2) is 6.28. The van der Waals surface area contributed by atoms with Gasteiger partial charge in [-0.1, -0.05) is 66.7 Å². The molecule has 3 aliphatic rings. The summed E-state index contributed by atoms with van der Waals surface area (Å²) in [7, 11) is 0. The van der Waals surface area contributed by atoms with Crippen LogP contribution in [-0.2, 0) is 15.3 Å². The second-order valence-corrected chi connectivity index (χ2v) is 7.94. The van der Waals surface area contributed by atoms with Crippen LogP contribution in [0.5, 0.6) is 5.75 Å². The zero-order valence-corrected chi connectivity index (χ0v) is 16.9. The molecule has 3 aromatic rings. The second-order valence-electron chi connectivity index (χ2n) is 7.94. The molecule has 2 amide bonds. The SMILES string of the molecule is CC(=O)N1C(=O)[C@@]2(Oc3ccccc3[C@H]3CC(c4ccccc4)=NN32)c2ccccc21. The molecule has 31 heavy (non-hydrogen) atoms. The van der Waals surface area contributed by atoms with Crippen molar-refractivity contribution in [3.05, 3.63) is 95.6 Å². The zero-order valence-electron chi connectivity index (χ0n) is 16.9. The fourth-order valence-electron chi connectivity index (χ4n) is 4.87. The van der Waals surface area contributed by atoms with Crippen LogP contribution in [0.25, 0.3) is 0 Å². The lowest BCUT2D eigenvalue weighted by Crippen LogP contribution is -2.57. The Morgan fingerprint density at radius 1 is 1.00 bits per heavy atom. The number of fused-ring (bicyclic) bond motifs is 6. The van der Waals surface area contributed by atoms with Gasteiger partial charge in [-0.05, 0) is 17.7 Å². The minimum absolute atomic E-state index is 0.177. The number of carbonyl (C=O) groups is 2. The maximum Gasteiger partial charge on any atom is 0.307 e. The molecule has 152 valence electrons. The van der Waals surface area contributed by atoms with Crippen molar-refractivity contribution in [2.45, 2.75) is 25.1 Å². The molecule has 0 radical (unpaired) electrons. The molecule has 6 rings (SSSR count). The molecule has 2 atom stereocenters. The number of carbonyl (C=O) groups excluding carboxylic acids is 2. The first-order valence-corrected chi connectivity index (χ1v) is 10.3. The van der Waals surface area contributed by atoms with Crippen LogP contribution in [0.1, 0.15) is 36.1 Å². The van der Waals surface area contributed by atoms with Crippen LogP contribution in [0.15, 0.2) is 84.0 Å². The summed E-state index contributed by atoms with van der Waals surface area (Å²) in [4.78, 5) is 27.5. The smallest absolute Gasteiger partial charge is 0.307 e. The Labute approximate surface area is 179 Å². The number of ether oxygens (including phenoxy) is 1. The molecular weight excluding hydrogens is 390 g/mol. The first-order chi connectivity index (χ1) is 15.1. The fraction of sp³-hybridized carbons (Fsp3) is 0.160. The third kappa shape index (κ3) is 2.30. The molecular formula is C25H19N3O3. The summed E-state index contributed by atoms with van der Waals surface area (Å²) >= 11 is 0. The van der Waals surface area contributed by atoms with Crippen molar-refractivity contribution in [3.8, 4) is 5.75 Å². The Bertz CT molecular complexity index is 1270. The van der Waals surface area contributed by atoms with Gasteiger partial charge in [0.1, 0.15) is 5.75 Å². The Balaban J connectivity index is 1.61. The zero-order chi connectivity index (χ0) is 21.2. The minimum atomic E-state index is -1.52. The predicted octanol–water partition coefficient (Wildman–Crippen LogP) is 3.98. The van der Waals surface area contributed by atoms with Gasteiger partial charge >= 0.3 is 11.6 Å². The molecule has 0 saturated heterocycles. The number of nitrogens with zero attached hydrogens (tertiary/aromatic N) is 3. The number of benzene rings is 3. The number of para-hydroxylation sites is 2. The summed E-state index contributed by atoms with van der Waals surface area (Å²) in [5.74, 6) is -0.139. The Hall–Kier alpha value is -3.93. The summed E-state index contributed by atoms with van der Waals surface area (Å²) in [6.07, 6.45) is 0.641. The van der Waals surface area contributed by atoms with Gasteiger partial charge in [-0.3, -0.25) is 9.59 Å². The van der Waals surface area contributed by atoms with Crippen molar-refractivity contribution in [2.75, 3.05) is 4.90 Å². The van der Waals surface area contributed by atoms with Crippen molar-refractivity contribution in [3.63, 3.8) is 0 Å². The molecule has 1 spiro atoms. The average Bonchev–Trinajstić information content (AvgIpc) is 3.34. The van der Waals surface area contributed by atoms with E-state index >= 15 is 0 Å². The highest BCUT2D eigenvalue weighted by atomic mass is 16.5. The molecule has 0 N–H and O–H groups in total. The van der Waals surface area contributed by atoms with E-state index in [4.69, 9.17) is 9.84 Å². The molecule has 0 bridgehead atoms. The lowest BCUT2D eigenvalue weighted by molar-refractivity contribution is -0.164. The Morgan fingerprint density at radius 3 is 2.52 bits per heavy atom. The van der Waals surface area contributed by atoms with Gasteiger partial charge in [0.25, 0.3) is 0 Å². The van der Waals surface area contributed by atoms with E-state index in [-0.39, 0.29) is 11.9 Å². The highest BCUT2D eigenvalue weighted by Gasteiger charge is 2.63. The van der Waals surface area contributed by atoms with Crippen molar-refractivity contribution >= 4 is 23.2 Å². The van der Waals surface area contributed by atoms with Crippen LogP contribution in [0.2, 0.25) is 0 Å². The van der Waals surface area contributed by atoms with Crippen molar-refractivity contribution < 1.29 is 14.3 Å². The van der Waals surface area contributed by atoms with Crippen LogP contribution >= 0.6 is 0 Å². The van der Waals surface area contributed by atoms with E-state index in [1.54, 1.807) is 11.1 Å². The van der Waals surface area contributed by atoms with E-state index in [9.17, 15) is 9.59 Å². The summed E-state index contributed by atoms with van der Waals surface area (Å²) < 4.78 is 6.47. The monoisotopic (exact) mass is 409 g/mol. The summed E-state index contributed by atoms with van der Waals surface area (Å²) in [5.41, 5.74) is 2.53. The maximum atomic E-state index is 13.8. The van der Waals surface area contributed by atoms with E-state index in [1.807, 2.05) is 72.8 Å². The quantitative estimate of drug-likeness (QED) is 0.610. The number of anilines is 1. The molecule has 3 aliphatic heterocycles. The highest BCUT2D eigenvalue weighted by Crippen LogP contribution is 2.55. The number of imide groups is 1. The van der Waals surface area contributed by atoms with Gasteiger partial charge in [-0.2, -0.15) is 5.10 Å². The fourth-order valence-corrected chi connectivity index (χ4v) is 4.87. The normalized spacial score (nSPS) is 23.2. The number of hydrogen-bond acceptors (Lipinski definition) is 5. The van der Waals surface area contributed by atoms with Crippen LogP contribution in [0.3, 0.4) is 0 Å². The maximum absolute atomic E-state index is 13.8. The summed E-state index contributed by atoms with van der Waals surface area (Å²) in [6.45, 7) is 1.39. The number of amides is 2. The summed E-state index contributed by atoms with van der Waals surface area (Å²) in [6, 6.07) is 24.8. The van der Waals surface area contributed by atoms with Gasteiger partial charge in [-0.15, -0.1) is 0 Å². The number of hydrogen-bond donors (Lipinski definition) is 0. The van der Waals surface area contributed by atoms with Crippen molar-refractivity contribution in [1.82, 2.24) is 5.01 Å². The van der Waals surface area contributed by atoms with Gasteiger partial charge < -0.3 is 4.74 Å². The van der Waals surface area contributed by atoms with Crippen LogP contribution in [0.4, 0.5) is 5.69 Å². The molecule has 3 heterocycles. The van der Waals surface area contributed by atoms with E-state index in [2.05, 4.69) is 0 Å². The average molecular weight is 409 g/mol.